The topological polar surface area (TPSA) is 65.5 Å². The first-order valence-corrected chi connectivity index (χ1v) is 7.19. The van der Waals surface area contributed by atoms with E-state index >= 15 is 0 Å². The minimum absolute atomic E-state index is 0. The molecule has 1 amide bonds. The monoisotopic (exact) mass is 402 g/mol. The molecule has 0 saturated carbocycles. The number of hydrogen-bond acceptors (Lipinski definition) is 4. The molecule has 0 fully saturated rings. The lowest BCUT2D eigenvalue weighted by Gasteiger charge is -2.16. The zero-order chi connectivity index (χ0) is 14.2. The van der Waals surface area contributed by atoms with Gasteiger partial charge in [0.05, 0.1) is 0 Å². The van der Waals surface area contributed by atoms with Crippen molar-refractivity contribution in [2.75, 3.05) is 18.4 Å². The van der Waals surface area contributed by atoms with Crippen molar-refractivity contribution < 1.29 is 4.79 Å². The minimum atomic E-state index is 0. The summed E-state index contributed by atoms with van der Waals surface area (Å²) in [6.07, 6.45) is 2.51. The molecule has 1 aromatic carbocycles. The highest BCUT2D eigenvalue weighted by molar-refractivity contribution is 14.0. The lowest BCUT2D eigenvalue weighted by atomic mass is 10.2. The predicted molar refractivity (Wildman–Crippen MR) is 97.2 cm³/mol. The molecule has 0 bridgehead atoms. The van der Waals surface area contributed by atoms with Gasteiger partial charge < -0.3 is 16.0 Å². The molecule has 0 unspecified atom stereocenters. The van der Waals surface area contributed by atoms with E-state index in [-0.39, 0.29) is 29.9 Å². The van der Waals surface area contributed by atoms with Gasteiger partial charge in [0.1, 0.15) is 0 Å². The summed E-state index contributed by atoms with van der Waals surface area (Å²) in [5.74, 6) is 0.924. The third-order valence-electron chi connectivity index (χ3n) is 3.05. The minimum Gasteiger partial charge on any atom is -0.356 e. The number of rotatable bonds is 5. The number of nitrogens with one attached hydrogen (secondary N) is 3. The molecule has 3 N–H and O–H groups in total. The summed E-state index contributed by atoms with van der Waals surface area (Å²) in [6.45, 7) is 4.54. The quantitative estimate of drug-likeness (QED) is 0.664. The van der Waals surface area contributed by atoms with Gasteiger partial charge in [0.25, 0.3) is 0 Å². The Morgan fingerprint density at radius 1 is 1.43 bits per heavy atom. The van der Waals surface area contributed by atoms with Crippen LogP contribution in [0.5, 0.6) is 0 Å². The average molecular weight is 402 g/mol. The van der Waals surface area contributed by atoms with E-state index in [4.69, 9.17) is 0 Å². The second-order valence-corrected chi connectivity index (χ2v) is 4.86. The second kappa shape index (κ2) is 9.59. The molecule has 0 spiro atoms. The van der Waals surface area contributed by atoms with E-state index in [2.05, 4.69) is 20.9 Å². The fourth-order valence-corrected chi connectivity index (χ4v) is 2.05. The molecule has 1 aromatic rings. The van der Waals surface area contributed by atoms with Crippen molar-refractivity contribution in [1.82, 2.24) is 10.6 Å². The number of aliphatic imine (C=N–C) groups is 1. The van der Waals surface area contributed by atoms with Crippen LogP contribution < -0.4 is 16.0 Å². The van der Waals surface area contributed by atoms with E-state index < -0.39 is 0 Å². The molecule has 2 rings (SSSR count). The zero-order valence-corrected chi connectivity index (χ0v) is 14.6. The van der Waals surface area contributed by atoms with E-state index in [1.54, 1.807) is 0 Å². The molecule has 5 nitrogen and oxygen atoms in total. The first-order valence-electron chi connectivity index (χ1n) is 7.19. The highest BCUT2D eigenvalue weighted by atomic mass is 127. The van der Waals surface area contributed by atoms with Gasteiger partial charge in [-0.15, -0.1) is 24.0 Å². The van der Waals surface area contributed by atoms with Crippen molar-refractivity contribution in [2.24, 2.45) is 4.99 Å². The van der Waals surface area contributed by atoms with Gasteiger partial charge in [-0.25, -0.2) is 0 Å². The first kappa shape index (κ1) is 17.7. The fraction of sp³-hybridized carbons (Fsp3) is 0.467. The first-order chi connectivity index (χ1) is 9.78. The summed E-state index contributed by atoms with van der Waals surface area (Å²) < 4.78 is 0. The maximum absolute atomic E-state index is 11.6. The number of amides is 1. The van der Waals surface area contributed by atoms with Crippen LogP contribution in [0.1, 0.15) is 31.7 Å². The van der Waals surface area contributed by atoms with E-state index in [0.29, 0.717) is 13.0 Å². The number of nitrogens with zero attached hydrogens (tertiary/aromatic N) is 1. The number of halogens is 1. The number of guanidine groups is 1. The lowest BCUT2D eigenvalue weighted by molar-refractivity contribution is -0.116. The lowest BCUT2D eigenvalue weighted by Crippen LogP contribution is -2.40. The largest absolute Gasteiger partial charge is 0.356 e. The molecule has 1 aliphatic heterocycles. The van der Waals surface area contributed by atoms with Gasteiger partial charge in [0.2, 0.25) is 5.91 Å². The summed E-state index contributed by atoms with van der Waals surface area (Å²) in [5.41, 5.74) is 1.97. The zero-order valence-electron chi connectivity index (χ0n) is 12.3. The third kappa shape index (κ3) is 6.33. The molecule has 116 valence electrons. The Labute approximate surface area is 143 Å². The number of benzene rings is 1. The Morgan fingerprint density at radius 3 is 3.00 bits per heavy atom. The van der Waals surface area contributed by atoms with Crippen molar-refractivity contribution in [1.29, 1.82) is 0 Å². The predicted octanol–water partition coefficient (Wildman–Crippen LogP) is 2.48. The van der Waals surface area contributed by atoms with Crippen molar-refractivity contribution in [3.63, 3.8) is 0 Å². The normalized spacial score (nSPS) is 13.5. The van der Waals surface area contributed by atoms with Crippen LogP contribution in [0.4, 0.5) is 5.69 Å². The number of carbonyl (C=O) groups excluding carboxylic acids is 1. The molecule has 0 aromatic heterocycles. The van der Waals surface area contributed by atoms with Crippen molar-refractivity contribution >= 4 is 41.5 Å². The van der Waals surface area contributed by atoms with Gasteiger partial charge in [-0.1, -0.05) is 19.1 Å². The Hall–Kier alpha value is -1.31. The average Bonchev–Trinajstić information content (AvgIpc) is 2.47. The van der Waals surface area contributed by atoms with Gasteiger partial charge in [0, 0.05) is 31.7 Å². The summed E-state index contributed by atoms with van der Waals surface area (Å²) in [4.78, 5) is 15.9. The maximum Gasteiger partial charge on any atom is 0.224 e. The van der Waals surface area contributed by atoms with Crippen LogP contribution in [0, 0.1) is 0 Å². The Kier molecular flexibility index (Phi) is 8.11. The molecule has 0 radical (unpaired) electrons. The maximum atomic E-state index is 11.6. The summed E-state index contributed by atoms with van der Waals surface area (Å²) in [7, 11) is 0. The fourth-order valence-electron chi connectivity index (χ4n) is 2.05. The number of carbonyl (C=O) groups is 1. The van der Waals surface area contributed by atoms with Gasteiger partial charge in [-0.2, -0.15) is 0 Å². The van der Waals surface area contributed by atoms with Gasteiger partial charge >= 0.3 is 0 Å². The van der Waals surface area contributed by atoms with E-state index in [0.717, 1.165) is 43.1 Å². The molecule has 21 heavy (non-hydrogen) atoms. The molecule has 1 aliphatic rings. The molecule has 1 heterocycles. The molecule has 0 aliphatic carbocycles. The number of anilines is 1. The molecular weight excluding hydrogens is 379 g/mol. The van der Waals surface area contributed by atoms with Crippen LogP contribution in [0.3, 0.4) is 0 Å². The summed E-state index contributed by atoms with van der Waals surface area (Å²) in [5, 5.41) is 9.40. The van der Waals surface area contributed by atoms with Crippen molar-refractivity contribution in [3.05, 3.63) is 29.8 Å². The second-order valence-electron chi connectivity index (χ2n) is 4.86. The van der Waals surface area contributed by atoms with E-state index in [1.165, 1.54) is 0 Å². The van der Waals surface area contributed by atoms with Crippen LogP contribution in [0.2, 0.25) is 0 Å². The Morgan fingerprint density at radius 2 is 2.29 bits per heavy atom. The van der Waals surface area contributed by atoms with Gasteiger partial charge in [-0.05, 0) is 30.5 Å². The Balaban J connectivity index is 0.00000220. The summed E-state index contributed by atoms with van der Waals surface area (Å²) in [6, 6.07) is 7.89. The van der Waals surface area contributed by atoms with Crippen LogP contribution in [0.25, 0.3) is 0 Å². The van der Waals surface area contributed by atoms with Crippen molar-refractivity contribution in [2.45, 2.75) is 32.7 Å². The van der Waals surface area contributed by atoms with Crippen LogP contribution in [0.15, 0.2) is 29.3 Å². The van der Waals surface area contributed by atoms with Crippen LogP contribution in [-0.2, 0) is 11.3 Å². The van der Waals surface area contributed by atoms with E-state index in [9.17, 15) is 4.79 Å². The van der Waals surface area contributed by atoms with Gasteiger partial charge in [-0.3, -0.25) is 9.79 Å². The molecule has 6 heteroatoms. The number of hydrogen-bond donors (Lipinski definition) is 3. The smallest absolute Gasteiger partial charge is 0.224 e. The Bertz CT molecular complexity index is 490. The highest BCUT2D eigenvalue weighted by Crippen LogP contribution is 2.11. The van der Waals surface area contributed by atoms with Crippen LogP contribution >= 0.6 is 24.0 Å². The molecular formula is C15H23IN4O. The van der Waals surface area contributed by atoms with Gasteiger partial charge in [0.15, 0.2) is 5.96 Å². The third-order valence-corrected chi connectivity index (χ3v) is 3.05. The van der Waals surface area contributed by atoms with E-state index in [1.807, 2.05) is 31.2 Å². The molecule has 0 saturated heterocycles. The highest BCUT2D eigenvalue weighted by Gasteiger charge is 2.04. The standard InChI is InChI=1S/C15H22N4O.HI/c1-2-5-14(20)19-13-7-3-6-12(10-13)11-18-15-16-8-4-9-17-15;/h3,6-7,10H,2,4-5,8-9,11H2,1H3,(H,19,20)(H2,16,17,18);1H. The summed E-state index contributed by atoms with van der Waals surface area (Å²) >= 11 is 0. The SMILES string of the molecule is CCCC(=O)Nc1cccc(CNC2=NCCCN2)c1.I. The van der Waals surface area contributed by atoms with Crippen LogP contribution in [-0.4, -0.2) is 25.0 Å². The molecule has 0 atom stereocenters. The van der Waals surface area contributed by atoms with Crippen molar-refractivity contribution in [3.8, 4) is 0 Å².